The lowest BCUT2D eigenvalue weighted by atomic mass is 10.1. The number of nitrogens with zero attached hydrogens (tertiary/aromatic N) is 1. The van der Waals surface area contributed by atoms with Crippen LogP contribution in [0.2, 0.25) is 0 Å². The molecule has 108 valence electrons. The summed E-state index contributed by atoms with van der Waals surface area (Å²) in [6, 6.07) is 13.1. The van der Waals surface area contributed by atoms with E-state index in [0.717, 1.165) is 5.56 Å². The van der Waals surface area contributed by atoms with Crippen molar-refractivity contribution in [1.82, 2.24) is 5.32 Å². The third kappa shape index (κ3) is 4.04. The van der Waals surface area contributed by atoms with Gasteiger partial charge in [0.15, 0.2) is 0 Å². The molecule has 0 saturated carbocycles. The van der Waals surface area contributed by atoms with Crippen molar-refractivity contribution in [3.8, 4) is 0 Å². The van der Waals surface area contributed by atoms with Crippen molar-refractivity contribution in [3.63, 3.8) is 0 Å². The Labute approximate surface area is 121 Å². The van der Waals surface area contributed by atoms with Gasteiger partial charge in [0, 0.05) is 29.9 Å². The van der Waals surface area contributed by atoms with Crippen LogP contribution in [0.25, 0.3) is 0 Å². The van der Waals surface area contributed by atoms with Crippen LogP contribution in [0.3, 0.4) is 0 Å². The van der Waals surface area contributed by atoms with Crippen molar-refractivity contribution in [2.24, 2.45) is 0 Å². The second-order valence-corrected chi connectivity index (χ2v) is 4.55. The number of hydrogen-bond acceptors (Lipinski definition) is 4. The highest BCUT2D eigenvalue weighted by Crippen LogP contribution is 2.13. The van der Waals surface area contributed by atoms with Crippen molar-refractivity contribution in [2.75, 3.05) is 12.3 Å². The van der Waals surface area contributed by atoms with E-state index in [9.17, 15) is 14.9 Å². The zero-order valence-electron chi connectivity index (χ0n) is 11.3. The van der Waals surface area contributed by atoms with E-state index in [2.05, 4.69) is 5.32 Å². The quantitative estimate of drug-likeness (QED) is 0.499. The van der Waals surface area contributed by atoms with E-state index < -0.39 is 4.92 Å². The minimum absolute atomic E-state index is 0.0961. The van der Waals surface area contributed by atoms with E-state index in [1.54, 1.807) is 18.2 Å². The van der Waals surface area contributed by atoms with E-state index in [4.69, 9.17) is 5.73 Å². The summed E-state index contributed by atoms with van der Waals surface area (Å²) in [5, 5.41) is 13.4. The van der Waals surface area contributed by atoms with Crippen LogP contribution in [0.5, 0.6) is 0 Å². The molecule has 2 rings (SSSR count). The first-order chi connectivity index (χ1) is 10.1. The monoisotopic (exact) mass is 285 g/mol. The number of anilines is 1. The molecule has 0 spiro atoms. The van der Waals surface area contributed by atoms with Gasteiger partial charge in [-0.1, -0.05) is 18.2 Å². The normalized spacial score (nSPS) is 10.1. The van der Waals surface area contributed by atoms with Crippen LogP contribution in [0.4, 0.5) is 11.4 Å². The first kappa shape index (κ1) is 14.5. The Morgan fingerprint density at radius 3 is 2.57 bits per heavy atom. The Morgan fingerprint density at radius 2 is 1.90 bits per heavy atom. The first-order valence-corrected chi connectivity index (χ1v) is 6.43. The number of hydrogen-bond donors (Lipinski definition) is 2. The maximum atomic E-state index is 11.9. The highest BCUT2D eigenvalue weighted by Gasteiger charge is 2.10. The fraction of sp³-hybridized carbons (Fsp3) is 0.133. The lowest BCUT2D eigenvalue weighted by Crippen LogP contribution is -2.25. The van der Waals surface area contributed by atoms with Gasteiger partial charge in [-0.05, 0) is 30.2 Å². The Bertz CT molecular complexity index is 653. The summed E-state index contributed by atoms with van der Waals surface area (Å²) in [7, 11) is 0. The average molecular weight is 285 g/mol. The fourth-order valence-electron chi connectivity index (χ4n) is 1.87. The Morgan fingerprint density at radius 1 is 1.19 bits per heavy atom. The van der Waals surface area contributed by atoms with Crippen LogP contribution in [0.1, 0.15) is 15.9 Å². The summed E-state index contributed by atoms with van der Waals surface area (Å²) < 4.78 is 0. The van der Waals surface area contributed by atoms with Crippen LogP contribution < -0.4 is 11.1 Å². The Hall–Kier alpha value is -2.89. The molecule has 0 heterocycles. The number of nitro groups is 1. The molecule has 0 atom stereocenters. The van der Waals surface area contributed by atoms with Crippen LogP contribution in [0, 0.1) is 10.1 Å². The van der Waals surface area contributed by atoms with Crippen molar-refractivity contribution >= 4 is 17.3 Å². The third-order valence-corrected chi connectivity index (χ3v) is 3.00. The van der Waals surface area contributed by atoms with Gasteiger partial charge in [0.1, 0.15) is 0 Å². The van der Waals surface area contributed by atoms with Gasteiger partial charge < -0.3 is 11.1 Å². The molecule has 0 aliphatic heterocycles. The topological polar surface area (TPSA) is 98.3 Å². The van der Waals surface area contributed by atoms with Gasteiger partial charge in [0.2, 0.25) is 0 Å². The summed E-state index contributed by atoms with van der Waals surface area (Å²) >= 11 is 0. The van der Waals surface area contributed by atoms with Gasteiger partial charge in [0.25, 0.3) is 11.6 Å². The van der Waals surface area contributed by atoms with Crippen molar-refractivity contribution in [2.45, 2.75) is 6.42 Å². The molecule has 0 aliphatic rings. The molecule has 0 aliphatic carbocycles. The van der Waals surface area contributed by atoms with Crippen LogP contribution in [-0.2, 0) is 6.42 Å². The molecule has 0 aromatic heterocycles. The average Bonchev–Trinajstić information content (AvgIpc) is 2.49. The Kier molecular flexibility index (Phi) is 4.50. The van der Waals surface area contributed by atoms with Crippen molar-refractivity contribution < 1.29 is 9.72 Å². The smallest absolute Gasteiger partial charge is 0.270 e. The van der Waals surface area contributed by atoms with E-state index in [-0.39, 0.29) is 17.2 Å². The summed E-state index contributed by atoms with van der Waals surface area (Å²) in [4.78, 5) is 22.1. The number of carbonyl (C=O) groups is 1. The van der Waals surface area contributed by atoms with Gasteiger partial charge in [-0.15, -0.1) is 0 Å². The summed E-state index contributed by atoms with van der Waals surface area (Å²) in [6.45, 7) is 0.450. The minimum atomic E-state index is -0.523. The number of carbonyl (C=O) groups excluding carboxylic acids is 1. The molecule has 0 saturated heterocycles. The number of rotatable bonds is 5. The SMILES string of the molecule is Nc1ccc(CCNC(=O)c2cccc([N+](=O)[O-])c2)cc1. The highest BCUT2D eigenvalue weighted by molar-refractivity contribution is 5.94. The molecular weight excluding hydrogens is 270 g/mol. The van der Waals surface area contributed by atoms with Crippen LogP contribution in [0.15, 0.2) is 48.5 Å². The van der Waals surface area contributed by atoms with E-state index >= 15 is 0 Å². The molecule has 6 heteroatoms. The molecule has 0 unspecified atom stereocenters. The molecule has 2 aromatic carbocycles. The lowest BCUT2D eigenvalue weighted by Gasteiger charge is -2.05. The number of amides is 1. The predicted molar refractivity (Wildman–Crippen MR) is 80.0 cm³/mol. The van der Waals surface area contributed by atoms with Crippen molar-refractivity contribution in [1.29, 1.82) is 0 Å². The van der Waals surface area contributed by atoms with Gasteiger partial charge >= 0.3 is 0 Å². The molecule has 0 fully saturated rings. The summed E-state index contributed by atoms with van der Waals surface area (Å²) in [5.41, 5.74) is 7.53. The second-order valence-electron chi connectivity index (χ2n) is 4.55. The zero-order chi connectivity index (χ0) is 15.2. The second kappa shape index (κ2) is 6.51. The van der Waals surface area contributed by atoms with Crippen molar-refractivity contribution in [3.05, 3.63) is 69.8 Å². The highest BCUT2D eigenvalue weighted by atomic mass is 16.6. The van der Waals surface area contributed by atoms with E-state index in [0.29, 0.717) is 18.7 Å². The predicted octanol–water partition coefficient (Wildman–Crippen LogP) is 2.15. The Balaban J connectivity index is 1.91. The number of non-ortho nitro benzene ring substituents is 1. The zero-order valence-corrected chi connectivity index (χ0v) is 11.3. The molecular formula is C15H15N3O3. The first-order valence-electron chi connectivity index (χ1n) is 6.43. The fourth-order valence-corrected chi connectivity index (χ4v) is 1.87. The van der Waals surface area contributed by atoms with E-state index in [1.165, 1.54) is 18.2 Å². The standard InChI is InChI=1S/C15H15N3O3/c16-13-6-4-11(5-7-13)8-9-17-15(19)12-2-1-3-14(10-12)18(20)21/h1-7,10H,8-9,16H2,(H,17,19). The van der Waals surface area contributed by atoms with Gasteiger partial charge in [-0.2, -0.15) is 0 Å². The van der Waals surface area contributed by atoms with Gasteiger partial charge in [0.05, 0.1) is 4.92 Å². The third-order valence-electron chi connectivity index (χ3n) is 3.00. The molecule has 3 N–H and O–H groups in total. The van der Waals surface area contributed by atoms with E-state index in [1.807, 2.05) is 12.1 Å². The van der Waals surface area contributed by atoms with Crippen LogP contribution in [-0.4, -0.2) is 17.4 Å². The number of nitrogen functional groups attached to an aromatic ring is 1. The molecule has 2 aromatic rings. The largest absolute Gasteiger partial charge is 0.399 e. The molecule has 0 bridgehead atoms. The molecule has 1 amide bonds. The van der Waals surface area contributed by atoms with Crippen LogP contribution >= 0.6 is 0 Å². The number of benzene rings is 2. The molecule has 6 nitrogen and oxygen atoms in total. The van der Waals surface area contributed by atoms with Gasteiger partial charge in [-0.25, -0.2) is 0 Å². The summed E-state index contributed by atoms with van der Waals surface area (Å²) in [6.07, 6.45) is 0.668. The lowest BCUT2D eigenvalue weighted by molar-refractivity contribution is -0.384. The number of nitro benzene ring substituents is 1. The van der Waals surface area contributed by atoms with Gasteiger partial charge in [-0.3, -0.25) is 14.9 Å². The minimum Gasteiger partial charge on any atom is -0.399 e. The number of nitrogens with one attached hydrogen (secondary N) is 1. The maximum absolute atomic E-state index is 11.9. The number of nitrogens with two attached hydrogens (primary N) is 1. The molecule has 21 heavy (non-hydrogen) atoms. The summed E-state index contributed by atoms with van der Waals surface area (Å²) in [5.74, 6) is -0.325. The molecule has 0 radical (unpaired) electrons. The maximum Gasteiger partial charge on any atom is 0.270 e.